The van der Waals surface area contributed by atoms with Crippen molar-refractivity contribution in [2.45, 2.75) is 26.1 Å². The second-order valence-corrected chi connectivity index (χ2v) is 4.25. The number of hydrogen-bond donors (Lipinski definition) is 0. The molecule has 82 valence electrons. The van der Waals surface area contributed by atoms with Crippen molar-refractivity contribution >= 4 is 17.4 Å². The molecule has 4 nitrogen and oxygen atoms in total. The summed E-state index contributed by atoms with van der Waals surface area (Å²) in [6.07, 6.45) is 3.71. The number of rotatable bonds is 1. The lowest BCUT2D eigenvalue weighted by Crippen LogP contribution is -2.45. The van der Waals surface area contributed by atoms with Gasteiger partial charge in [0.25, 0.3) is 0 Å². The van der Waals surface area contributed by atoms with Crippen LogP contribution in [0.5, 0.6) is 0 Å². The molecule has 15 heavy (non-hydrogen) atoms. The topological polar surface area (TPSA) is 38.2 Å². The van der Waals surface area contributed by atoms with Crippen molar-refractivity contribution in [3.63, 3.8) is 0 Å². The number of ether oxygens (including phenoxy) is 1. The molecule has 0 aliphatic carbocycles. The molecule has 1 aliphatic rings. The molecule has 2 unspecified atom stereocenters. The monoisotopic (exact) mass is 227 g/mol. The van der Waals surface area contributed by atoms with E-state index in [1.54, 1.807) is 12.4 Å². The van der Waals surface area contributed by atoms with Gasteiger partial charge in [-0.1, -0.05) is 11.6 Å². The van der Waals surface area contributed by atoms with Crippen LogP contribution >= 0.6 is 11.6 Å². The minimum absolute atomic E-state index is 0.217. The van der Waals surface area contributed by atoms with Crippen molar-refractivity contribution in [1.29, 1.82) is 0 Å². The molecule has 1 aromatic rings. The Labute approximate surface area is 94.2 Å². The lowest BCUT2D eigenvalue weighted by molar-refractivity contribution is -0.00547. The molecule has 0 radical (unpaired) electrons. The summed E-state index contributed by atoms with van der Waals surface area (Å²) in [5.41, 5.74) is 0. The molecule has 1 aliphatic heterocycles. The third-order valence-electron chi connectivity index (χ3n) is 2.34. The molecule has 2 rings (SSSR count). The lowest BCUT2D eigenvalue weighted by atomic mass is 10.2. The van der Waals surface area contributed by atoms with Crippen LogP contribution in [0.15, 0.2) is 12.4 Å². The van der Waals surface area contributed by atoms with Crippen molar-refractivity contribution in [3.05, 3.63) is 17.5 Å². The molecule has 0 N–H and O–H groups in total. The van der Waals surface area contributed by atoms with E-state index in [4.69, 9.17) is 16.3 Å². The zero-order valence-electron chi connectivity index (χ0n) is 8.85. The molecule has 5 heteroatoms. The van der Waals surface area contributed by atoms with Crippen LogP contribution in [0.2, 0.25) is 5.15 Å². The second kappa shape index (κ2) is 4.33. The summed E-state index contributed by atoms with van der Waals surface area (Å²) in [5, 5.41) is 0.430. The van der Waals surface area contributed by atoms with Gasteiger partial charge in [-0.3, -0.25) is 4.98 Å². The molecule has 2 heterocycles. The number of halogens is 1. The molecule has 1 fully saturated rings. The first-order valence-electron chi connectivity index (χ1n) is 5.03. The maximum atomic E-state index is 5.81. The van der Waals surface area contributed by atoms with E-state index in [1.165, 1.54) is 0 Å². The summed E-state index contributed by atoms with van der Waals surface area (Å²) >= 11 is 5.81. The van der Waals surface area contributed by atoms with Gasteiger partial charge in [-0.2, -0.15) is 0 Å². The largest absolute Gasteiger partial charge is 0.372 e. The Morgan fingerprint density at radius 1 is 1.33 bits per heavy atom. The fourth-order valence-electron chi connectivity index (χ4n) is 1.85. The third kappa shape index (κ3) is 2.58. The van der Waals surface area contributed by atoms with E-state index in [-0.39, 0.29) is 12.2 Å². The zero-order chi connectivity index (χ0) is 10.8. The highest BCUT2D eigenvalue weighted by Crippen LogP contribution is 2.18. The lowest BCUT2D eigenvalue weighted by Gasteiger charge is -2.35. The smallest absolute Gasteiger partial charge is 0.149 e. The molecular weight excluding hydrogens is 214 g/mol. The van der Waals surface area contributed by atoms with Gasteiger partial charge < -0.3 is 9.64 Å². The normalized spacial score (nSPS) is 26.7. The number of nitrogens with zero attached hydrogens (tertiary/aromatic N) is 3. The third-order valence-corrected chi connectivity index (χ3v) is 2.52. The molecular formula is C10H14ClN3O. The van der Waals surface area contributed by atoms with Crippen molar-refractivity contribution in [3.8, 4) is 0 Å². The van der Waals surface area contributed by atoms with E-state index >= 15 is 0 Å². The van der Waals surface area contributed by atoms with E-state index in [9.17, 15) is 0 Å². The van der Waals surface area contributed by atoms with Gasteiger partial charge in [0.1, 0.15) is 11.0 Å². The minimum Gasteiger partial charge on any atom is -0.372 e. The second-order valence-electron chi connectivity index (χ2n) is 3.86. The first-order valence-corrected chi connectivity index (χ1v) is 5.41. The molecule has 0 amide bonds. The first-order chi connectivity index (χ1) is 7.15. The van der Waals surface area contributed by atoms with Gasteiger partial charge in [-0.15, -0.1) is 0 Å². The van der Waals surface area contributed by atoms with Crippen LogP contribution in [-0.2, 0) is 4.74 Å². The van der Waals surface area contributed by atoms with Gasteiger partial charge in [0.05, 0.1) is 24.6 Å². The van der Waals surface area contributed by atoms with Crippen LogP contribution in [-0.4, -0.2) is 35.3 Å². The van der Waals surface area contributed by atoms with E-state index in [0.29, 0.717) is 5.15 Å². The Bertz CT molecular complexity index is 337. The Kier molecular flexibility index (Phi) is 3.07. The quantitative estimate of drug-likeness (QED) is 0.733. The van der Waals surface area contributed by atoms with Crippen molar-refractivity contribution < 1.29 is 4.74 Å². The molecule has 1 saturated heterocycles. The zero-order valence-corrected chi connectivity index (χ0v) is 9.61. The highest BCUT2D eigenvalue weighted by atomic mass is 35.5. The van der Waals surface area contributed by atoms with Crippen LogP contribution < -0.4 is 4.90 Å². The Morgan fingerprint density at radius 3 is 2.60 bits per heavy atom. The summed E-state index contributed by atoms with van der Waals surface area (Å²) in [6.45, 7) is 5.78. The molecule has 1 aromatic heterocycles. The Balaban J connectivity index is 2.16. The average molecular weight is 228 g/mol. The van der Waals surface area contributed by atoms with Gasteiger partial charge in [0.2, 0.25) is 0 Å². The average Bonchev–Trinajstić information content (AvgIpc) is 2.16. The summed E-state index contributed by atoms with van der Waals surface area (Å²) in [4.78, 5) is 10.4. The maximum Gasteiger partial charge on any atom is 0.149 e. The fourth-order valence-corrected chi connectivity index (χ4v) is 1.99. The summed E-state index contributed by atoms with van der Waals surface area (Å²) in [5.74, 6) is 0.824. The first kappa shape index (κ1) is 10.6. The van der Waals surface area contributed by atoms with Crippen LogP contribution in [0.25, 0.3) is 0 Å². The van der Waals surface area contributed by atoms with Crippen LogP contribution in [0, 0.1) is 0 Å². The number of aromatic nitrogens is 2. The van der Waals surface area contributed by atoms with Crippen molar-refractivity contribution in [1.82, 2.24) is 9.97 Å². The minimum atomic E-state index is 0.217. The van der Waals surface area contributed by atoms with Gasteiger partial charge in [-0.05, 0) is 13.8 Å². The van der Waals surface area contributed by atoms with Crippen LogP contribution in [0.3, 0.4) is 0 Å². The highest BCUT2D eigenvalue weighted by Gasteiger charge is 2.23. The summed E-state index contributed by atoms with van der Waals surface area (Å²) in [7, 11) is 0. The van der Waals surface area contributed by atoms with E-state index in [1.807, 2.05) is 0 Å². The Hall–Kier alpha value is -0.870. The van der Waals surface area contributed by atoms with Gasteiger partial charge >= 0.3 is 0 Å². The summed E-state index contributed by atoms with van der Waals surface area (Å²) < 4.78 is 5.65. The standard InChI is InChI=1S/C10H14ClN3O/c1-7-5-14(6-8(2)15-7)10-4-12-3-9(11)13-10/h3-4,7-8H,5-6H2,1-2H3. The van der Waals surface area contributed by atoms with Crippen molar-refractivity contribution in [2.24, 2.45) is 0 Å². The summed E-state index contributed by atoms with van der Waals surface area (Å²) in [6, 6.07) is 0. The predicted molar refractivity (Wildman–Crippen MR) is 59.3 cm³/mol. The van der Waals surface area contributed by atoms with Crippen LogP contribution in [0.1, 0.15) is 13.8 Å². The van der Waals surface area contributed by atoms with Gasteiger partial charge in [-0.25, -0.2) is 4.98 Å². The molecule has 0 bridgehead atoms. The van der Waals surface area contributed by atoms with Gasteiger partial charge in [0.15, 0.2) is 0 Å². The highest BCUT2D eigenvalue weighted by molar-refractivity contribution is 6.29. The Morgan fingerprint density at radius 2 is 2.00 bits per heavy atom. The fraction of sp³-hybridized carbons (Fsp3) is 0.600. The molecule has 2 atom stereocenters. The number of hydrogen-bond acceptors (Lipinski definition) is 4. The van der Waals surface area contributed by atoms with Crippen molar-refractivity contribution in [2.75, 3.05) is 18.0 Å². The molecule has 0 spiro atoms. The van der Waals surface area contributed by atoms with E-state index in [0.717, 1.165) is 18.9 Å². The van der Waals surface area contributed by atoms with E-state index in [2.05, 4.69) is 28.7 Å². The molecule has 0 aromatic carbocycles. The predicted octanol–water partition coefficient (Wildman–Crippen LogP) is 1.74. The SMILES string of the molecule is CC1CN(c2cncc(Cl)n2)CC(C)O1. The number of anilines is 1. The maximum absolute atomic E-state index is 5.81. The van der Waals surface area contributed by atoms with Crippen LogP contribution in [0.4, 0.5) is 5.82 Å². The molecule has 0 saturated carbocycles. The van der Waals surface area contributed by atoms with E-state index < -0.39 is 0 Å². The number of morpholine rings is 1. The van der Waals surface area contributed by atoms with Gasteiger partial charge in [0, 0.05) is 13.1 Å².